The van der Waals surface area contributed by atoms with Crippen LogP contribution in [0.1, 0.15) is 19.4 Å². The molecule has 0 radical (unpaired) electrons. The molecule has 0 spiro atoms. The Balaban J connectivity index is 2.41. The van der Waals surface area contributed by atoms with Gasteiger partial charge < -0.3 is 9.05 Å². The van der Waals surface area contributed by atoms with Gasteiger partial charge in [-0.15, -0.1) is 0 Å². The van der Waals surface area contributed by atoms with E-state index < -0.39 is 13.4 Å². The van der Waals surface area contributed by atoms with Gasteiger partial charge in [0.25, 0.3) is 0 Å². The lowest BCUT2D eigenvalue weighted by Gasteiger charge is -2.29. The van der Waals surface area contributed by atoms with Crippen LogP contribution in [0.3, 0.4) is 0 Å². The standard InChI is InChI=1S/C19H25ClNO3P/c1-5-23-25(22,24-6-2)19(21(3)4)14-18(20)17-12-11-15-9-7-8-10-16(15)13-17/h7-14,19H,5-6H2,1-4H3. The van der Waals surface area contributed by atoms with Crippen LogP contribution in [0.4, 0.5) is 0 Å². The number of nitrogens with zero attached hydrogens (tertiary/aromatic N) is 1. The van der Waals surface area contributed by atoms with Crippen molar-refractivity contribution in [2.24, 2.45) is 0 Å². The van der Waals surface area contributed by atoms with Gasteiger partial charge in [0.2, 0.25) is 0 Å². The molecule has 0 saturated heterocycles. The van der Waals surface area contributed by atoms with Crippen LogP contribution in [0.15, 0.2) is 48.5 Å². The monoisotopic (exact) mass is 381 g/mol. The number of halogens is 1. The Bertz CT molecular complexity index is 781. The number of benzene rings is 2. The molecular weight excluding hydrogens is 357 g/mol. The van der Waals surface area contributed by atoms with Crippen molar-refractivity contribution in [2.45, 2.75) is 19.6 Å². The molecule has 136 valence electrons. The fraction of sp³-hybridized carbons (Fsp3) is 0.368. The molecule has 4 nitrogen and oxygen atoms in total. The van der Waals surface area contributed by atoms with E-state index in [-0.39, 0.29) is 0 Å². The molecule has 0 amide bonds. The number of hydrogen-bond donors (Lipinski definition) is 0. The predicted octanol–water partition coefficient (Wildman–Crippen LogP) is 5.57. The summed E-state index contributed by atoms with van der Waals surface area (Å²) < 4.78 is 24.1. The van der Waals surface area contributed by atoms with Gasteiger partial charge in [0.05, 0.1) is 13.2 Å². The molecule has 0 saturated carbocycles. The smallest absolute Gasteiger partial charge is 0.308 e. The lowest BCUT2D eigenvalue weighted by molar-refractivity contribution is 0.196. The number of hydrogen-bond acceptors (Lipinski definition) is 4. The Morgan fingerprint density at radius 3 is 2.28 bits per heavy atom. The average Bonchev–Trinajstić information content (AvgIpc) is 2.59. The zero-order valence-electron chi connectivity index (χ0n) is 15.1. The van der Waals surface area contributed by atoms with Gasteiger partial charge in [0, 0.05) is 5.03 Å². The summed E-state index contributed by atoms with van der Waals surface area (Å²) in [5.74, 6) is -0.564. The lowest BCUT2D eigenvalue weighted by Crippen LogP contribution is -2.28. The summed E-state index contributed by atoms with van der Waals surface area (Å²) in [6.45, 7) is 4.21. The molecular formula is C19H25ClNO3P. The highest BCUT2D eigenvalue weighted by Gasteiger charge is 2.36. The molecule has 2 aromatic carbocycles. The van der Waals surface area contributed by atoms with Gasteiger partial charge in [-0.05, 0) is 56.4 Å². The Labute approximate surface area is 154 Å². The van der Waals surface area contributed by atoms with Crippen LogP contribution >= 0.6 is 19.2 Å². The van der Waals surface area contributed by atoms with Crippen molar-refractivity contribution in [1.29, 1.82) is 0 Å². The minimum atomic E-state index is -3.34. The van der Waals surface area contributed by atoms with Crippen molar-refractivity contribution in [3.8, 4) is 0 Å². The van der Waals surface area contributed by atoms with Gasteiger partial charge in [-0.1, -0.05) is 48.0 Å². The molecule has 2 rings (SSSR count). The first-order valence-electron chi connectivity index (χ1n) is 8.33. The summed E-state index contributed by atoms with van der Waals surface area (Å²) >= 11 is 6.55. The van der Waals surface area contributed by atoms with Crippen molar-refractivity contribution in [3.05, 3.63) is 54.1 Å². The zero-order valence-corrected chi connectivity index (χ0v) is 16.8. The fourth-order valence-corrected chi connectivity index (χ4v) is 4.96. The third kappa shape index (κ3) is 4.93. The minimum Gasteiger partial charge on any atom is -0.308 e. The second-order valence-corrected chi connectivity index (χ2v) is 8.36. The van der Waals surface area contributed by atoms with E-state index in [0.717, 1.165) is 16.3 Å². The molecule has 6 heteroatoms. The minimum absolute atomic E-state index is 0.309. The summed E-state index contributed by atoms with van der Waals surface area (Å²) in [7, 11) is 0.317. The van der Waals surface area contributed by atoms with E-state index in [1.165, 1.54) is 0 Å². The molecule has 2 aromatic rings. The highest BCUT2D eigenvalue weighted by Crippen LogP contribution is 2.54. The second-order valence-electron chi connectivity index (χ2n) is 5.83. The predicted molar refractivity (Wildman–Crippen MR) is 106 cm³/mol. The van der Waals surface area contributed by atoms with Crippen molar-refractivity contribution >= 4 is 35.0 Å². The maximum Gasteiger partial charge on any atom is 0.351 e. The first-order chi connectivity index (χ1) is 11.9. The molecule has 0 fully saturated rings. The summed E-state index contributed by atoms with van der Waals surface area (Å²) in [5.41, 5.74) is 0.867. The summed E-state index contributed by atoms with van der Waals surface area (Å²) in [6, 6.07) is 14.1. The quantitative estimate of drug-likeness (QED) is 0.560. The largest absolute Gasteiger partial charge is 0.351 e. The lowest BCUT2D eigenvalue weighted by atomic mass is 10.1. The van der Waals surface area contributed by atoms with Crippen LogP contribution in [-0.2, 0) is 13.6 Å². The van der Waals surface area contributed by atoms with Crippen LogP contribution in [0.25, 0.3) is 15.8 Å². The SMILES string of the molecule is CCOP(=O)(OCC)C(C=C(Cl)c1ccc2ccccc2c1)N(C)C. The number of likely N-dealkylation sites (N-methyl/N-ethyl adjacent to an activating group) is 1. The average molecular weight is 382 g/mol. The van der Waals surface area contributed by atoms with Crippen LogP contribution in [0, 0.1) is 0 Å². The molecule has 0 N–H and O–H groups in total. The van der Waals surface area contributed by atoms with E-state index in [1.807, 2.05) is 50.5 Å². The summed E-state index contributed by atoms with van der Waals surface area (Å²) in [6.07, 6.45) is 1.75. The van der Waals surface area contributed by atoms with Gasteiger partial charge in [-0.3, -0.25) is 9.46 Å². The van der Waals surface area contributed by atoms with Gasteiger partial charge in [0.15, 0.2) is 0 Å². The van der Waals surface area contributed by atoms with Crippen LogP contribution in [0.2, 0.25) is 0 Å². The molecule has 0 aliphatic rings. The first-order valence-corrected chi connectivity index (χ1v) is 10.3. The van der Waals surface area contributed by atoms with Gasteiger partial charge in [-0.25, -0.2) is 0 Å². The normalized spacial score (nSPS) is 14.2. The van der Waals surface area contributed by atoms with E-state index in [4.69, 9.17) is 20.6 Å². The van der Waals surface area contributed by atoms with E-state index in [2.05, 4.69) is 6.07 Å². The van der Waals surface area contributed by atoms with Crippen LogP contribution in [0.5, 0.6) is 0 Å². The van der Waals surface area contributed by atoms with E-state index in [9.17, 15) is 4.57 Å². The van der Waals surface area contributed by atoms with E-state index >= 15 is 0 Å². The Kier molecular flexibility index (Phi) is 7.24. The fourth-order valence-electron chi connectivity index (χ4n) is 2.64. The maximum absolute atomic E-state index is 13.1. The van der Waals surface area contributed by atoms with E-state index in [0.29, 0.717) is 18.2 Å². The molecule has 0 heterocycles. The Morgan fingerprint density at radius 2 is 1.72 bits per heavy atom. The number of rotatable bonds is 8. The van der Waals surface area contributed by atoms with Crippen LogP contribution in [-0.4, -0.2) is 38.0 Å². The molecule has 0 bridgehead atoms. The maximum atomic E-state index is 13.1. The summed E-state index contributed by atoms with van der Waals surface area (Å²) in [4.78, 5) is 1.80. The third-order valence-electron chi connectivity index (χ3n) is 3.79. The Morgan fingerprint density at radius 1 is 1.12 bits per heavy atom. The molecule has 0 aromatic heterocycles. The molecule has 0 aliphatic heterocycles. The van der Waals surface area contributed by atoms with Gasteiger partial charge >= 0.3 is 7.60 Å². The molecule has 0 aliphatic carbocycles. The van der Waals surface area contributed by atoms with Crippen molar-refractivity contribution in [1.82, 2.24) is 4.90 Å². The molecule has 25 heavy (non-hydrogen) atoms. The number of fused-ring (bicyclic) bond motifs is 1. The van der Waals surface area contributed by atoms with Gasteiger partial charge in [-0.2, -0.15) is 0 Å². The summed E-state index contributed by atoms with van der Waals surface area (Å²) in [5, 5.41) is 2.77. The third-order valence-corrected chi connectivity index (χ3v) is 6.63. The topological polar surface area (TPSA) is 38.8 Å². The molecule has 1 atom stereocenters. The first kappa shape index (κ1) is 20.2. The Hall–Kier alpha value is -1.16. The highest BCUT2D eigenvalue weighted by atomic mass is 35.5. The van der Waals surface area contributed by atoms with Crippen molar-refractivity contribution in [2.75, 3.05) is 27.3 Å². The molecule has 1 unspecified atom stereocenters. The van der Waals surface area contributed by atoms with E-state index in [1.54, 1.807) is 24.8 Å². The second kappa shape index (κ2) is 8.98. The van der Waals surface area contributed by atoms with Crippen molar-refractivity contribution in [3.63, 3.8) is 0 Å². The van der Waals surface area contributed by atoms with Gasteiger partial charge in [0.1, 0.15) is 5.78 Å². The van der Waals surface area contributed by atoms with Crippen LogP contribution < -0.4 is 0 Å². The van der Waals surface area contributed by atoms with Crippen molar-refractivity contribution < 1.29 is 13.6 Å². The zero-order chi connectivity index (χ0) is 18.4. The highest BCUT2D eigenvalue weighted by molar-refractivity contribution is 7.54.